The molecular weight excluding hydrogens is 286 g/mol. The summed E-state index contributed by atoms with van der Waals surface area (Å²) in [7, 11) is 3.98. The van der Waals surface area contributed by atoms with Crippen molar-refractivity contribution in [2.45, 2.75) is 19.5 Å². The highest BCUT2D eigenvalue weighted by Crippen LogP contribution is 2.21. The van der Waals surface area contributed by atoms with Crippen LogP contribution in [-0.2, 0) is 0 Å². The number of hydrogen-bond acceptors (Lipinski definition) is 5. The number of nitrogens with zero attached hydrogens (tertiary/aromatic N) is 5. The van der Waals surface area contributed by atoms with Crippen LogP contribution >= 0.6 is 0 Å². The molecule has 0 spiro atoms. The Bertz CT molecular complexity index is 683. The highest BCUT2D eigenvalue weighted by atomic mass is 15.2. The normalized spacial score (nSPS) is 12.2. The smallest absolute Gasteiger partial charge is 0.112 e. The van der Waals surface area contributed by atoms with Gasteiger partial charge >= 0.3 is 0 Å². The SMILES string of the molecule is CCC(N=C=Nc1ccc(N=Nc2ccccc2)cc1)N(C)C. The summed E-state index contributed by atoms with van der Waals surface area (Å²) in [4.78, 5) is 10.6. The van der Waals surface area contributed by atoms with Gasteiger partial charge in [0.05, 0.1) is 23.1 Å². The molecule has 0 saturated heterocycles. The van der Waals surface area contributed by atoms with Crippen LogP contribution in [0, 0.1) is 0 Å². The van der Waals surface area contributed by atoms with Gasteiger partial charge in [-0.3, -0.25) is 4.90 Å². The number of benzene rings is 2. The fraction of sp³-hybridized carbons (Fsp3) is 0.278. The fourth-order valence-electron chi connectivity index (χ4n) is 1.93. The quantitative estimate of drug-likeness (QED) is 0.534. The standard InChI is InChI=1S/C18H21N5/c1-4-18(23(2)3)20-14-19-15-10-12-17(13-11-15)22-21-16-8-6-5-7-9-16/h5-13,18H,4H2,1-3H3. The second kappa shape index (κ2) is 8.73. The Hall–Kier alpha value is -2.62. The Labute approximate surface area is 137 Å². The Balaban J connectivity index is 2.02. The van der Waals surface area contributed by atoms with E-state index in [1.165, 1.54) is 0 Å². The summed E-state index contributed by atoms with van der Waals surface area (Å²) in [5.41, 5.74) is 2.40. The second-order valence-corrected chi connectivity index (χ2v) is 5.25. The van der Waals surface area contributed by atoms with E-state index in [1.54, 1.807) is 0 Å². The molecule has 0 N–H and O–H groups in total. The first-order valence-electron chi connectivity index (χ1n) is 7.58. The first kappa shape index (κ1) is 16.7. The van der Waals surface area contributed by atoms with Gasteiger partial charge in [-0.15, -0.1) is 0 Å². The van der Waals surface area contributed by atoms with Crippen molar-refractivity contribution in [1.82, 2.24) is 4.90 Å². The molecule has 0 aromatic heterocycles. The first-order chi connectivity index (χ1) is 11.2. The number of aliphatic imine (C=N–C) groups is 2. The van der Waals surface area contributed by atoms with Crippen molar-refractivity contribution < 1.29 is 0 Å². The summed E-state index contributed by atoms with van der Waals surface area (Å²) in [5.74, 6) is 0. The maximum Gasteiger partial charge on any atom is 0.112 e. The van der Waals surface area contributed by atoms with E-state index >= 15 is 0 Å². The monoisotopic (exact) mass is 307 g/mol. The van der Waals surface area contributed by atoms with Gasteiger partial charge in [-0.1, -0.05) is 25.1 Å². The van der Waals surface area contributed by atoms with Gasteiger partial charge in [0, 0.05) is 0 Å². The van der Waals surface area contributed by atoms with Gasteiger partial charge in [-0.25, -0.2) is 4.99 Å². The van der Waals surface area contributed by atoms with Crippen LogP contribution < -0.4 is 0 Å². The average molecular weight is 307 g/mol. The molecule has 5 nitrogen and oxygen atoms in total. The van der Waals surface area contributed by atoms with E-state index in [-0.39, 0.29) is 6.17 Å². The molecule has 2 aromatic rings. The van der Waals surface area contributed by atoms with Crippen LogP contribution in [0.15, 0.2) is 74.8 Å². The number of hydrogen-bond donors (Lipinski definition) is 0. The van der Waals surface area contributed by atoms with E-state index in [2.05, 4.69) is 33.1 Å². The van der Waals surface area contributed by atoms with Crippen LogP contribution in [-0.4, -0.2) is 31.2 Å². The summed E-state index contributed by atoms with van der Waals surface area (Å²) < 4.78 is 0. The lowest BCUT2D eigenvalue weighted by atomic mass is 10.3. The topological polar surface area (TPSA) is 52.7 Å². The lowest BCUT2D eigenvalue weighted by molar-refractivity contribution is 0.296. The molecule has 2 rings (SSSR count). The summed E-state index contributed by atoms with van der Waals surface area (Å²) >= 11 is 0. The van der Waals surface area contributed by atoms with E-state index in [0.717, 1.165) is 23.5 Å². The van der Waals surface area contributed by atoms with Crippen molar-refractivity contribution in [3.05, 3.63) is 54.6 Å². The zero-order valence-electron chi connectivity index (χ0n) is 13.7. The molecule has 0 aliphatic carbocycles. The zero-order chi connectivity index (χ0) is 16.5. The molecule has 5 heteroatoms. The van der Waals surface area contributed by atoms with E-state index in [0.29, 0.717) is 0 Å². The molecule has 0 radical (unpaired) electrons. The van der Waals surface area contributed by atoms with E-state index in [4.69, 9.17) is 0 Å². The fourth-order valence-corrected chi connectivity index (χ4v) is 1.93. The average Bonchev–Trinajstić information content (AvgIpc) is 2.58. The van der Waals surface area contributed by atoms with Crippen LogP contribution in [0.5, 0.6) is 0 Å². The van der Waals surface area contributed by atoms with Gasteiger partial charge in [0.25, 0.3) is 0 Å². The van der Waals surface area contributed by atoms with Crippen molar-refractivity contribution in [2.24, 2.45) is 20.2 Å². The predicted octanol–water partition coefficient (Wildman–Crippen LogP) is 5.21. The summed E-state index contributed by atoms with van der Waals surface area (Å²) in [6.45, 7) is 2.09. The van der Waals surface area contributed by atoms with Crippen LogP contribution in [0.25, 0.3) is 0 Å². The summed E-state index contributed by atoms with van der Waals surface area (Å²) in [5, 5.41) is 8.37. The van der Waals surface area contributed by atoms with Gasteiger partial charge in [-0.05, 0) is 56.9 Å². The zero-order valence-corrected chi connectivity index (χ0v) is 13.7. The molecule has 2 aromatic carbocycles. The van der Waals surface area contributed by atoms with Gasteiger partial charge < -0.3 is 0 Å². The molecule has 0 amide bonds. The molecule has 1 atom stereocenters. The van der Waals surface area contributed by atoms with Crippen LogP contribution in [0.1, 0.15) is 13.3 Å². The third-order valence-electron chi connectivity index (χ3n) is 3.23. The van der Waals surface area contributed by atoms with E-state index in [9.17, 15) is 0 Å². The second-order valence-electron chi connectivity index (χ2n) is 5.25. The minimum atomic E-state index is 0.109. The van der Waals surface area contributed by atoms with Crippen molar-refractivity contribution in [2.75, 3.05) is 14.1 Å². The molecule has 0 aliphatic rings. The maximum atomic E-state index is 4.30. The largest absolute Gasteiger partial charge is 0.287 e. The molecule has 0 bridgehead atoms. The molecule has 0 heterocycles. The number of rotatable bonds is 6. The van der Waals surface area contributed by atoms with Gasteiger partial charge in [-0.2, -0.15) is 15.2 Å². The lowest BCUT2D eigenvalue weighted by Crippen LogP contribution is -2.24. The van der Waals surface area contributed by atoms with Crippen LogP contribution in [0.4, 0.5) is 17.1 Å². The maximum absolute atomic E-state index is 4.30. The van der Waals surface area contributed by atoms with Crippen molar-refractivity contribution >= 4 is 23.1 Å². The Morgan fingerprint density at radius 2 is 1.43 bits per heavy atom. The summed E-state index contributed by atoms with van der Waals surface area (Å²) in [6.07, 6.45) is 1.03. The molecule has 0 aliphatic heterocycles. The molecule has 0 saturated carbocycles. The van der Waals surface area contributed by atoms with Gasteiger partial charge in [0.15, 0.2) is 0 Å². The molecular formula is C18H21N5. The minimum Gasteiger partial charge on any atom is -0.287 e. The molecule has 0 fully saturated rings. The first-order valence-corrected chi connectivity index (χ1v) is 7.58. The van der Waals surface area contributed by atoms with Crippen LogP contribution in [0.2, 0.25) is 0 Å². The Kier molecular flexibility index (Phi) is 6.36. The molecule has 23 heavy (non-hydrogen) atoms. The Morgan fingerprint density at radius 1 is 0.870 bits per heavy atom. The highest BCUT2D eigenvalue weighted by Gasteiger charge is 2.03. The third kappa shape index (κ3) is 5.58. The Morgan fingerprint density at radius 3 is 2.00 bits per heavy atom. The lowest BCUT2D eigenvalue weighted by Gasteiger charge is -2.15. The minimum absolute atomic E-state index is 0.109. The van der Waals surface area contributed by atoms with E-state index < -0.39 is 0 Å². The van der Waals surface area contributed by atoms with Crippen molar-refractivity contribution in [3.63, 3.8) is 0 Å². The highest BCUT2D eigenvalue weighted by molar-refractivity contribution is 5.55. The van der Waals surface area contributed by atoms with Crippen molar-refractivity contribution in [3.8, 4) is 0 Å². The summed E-state index contributed by atoms with van der Waals surface area (Å²) in [6, 6.07) is 19.9. The van der Waals surface area contributed by atoms with Crippen LogP contribution in [0.3, 0.4) is 0 Å². The molecule has 1 unspecified atom stereocenters. The molecule has 118 valence electrons. The number of azo groups is 1. The van der Waals surface area contributed by atoms with Gasteiger partial charge in [0.2, 0.25) is 0 Å². The van der Waals surface area contributed by atoms with E-state index in [1.807, 2.05) is 73.6 Å². The predicted molar refractivity (Wildman–Crippen MR) is 94.3 cm³/mol. The third-order valence-corrected chi connectivity index (χ3v) is 3.23. The van der Waals surface area contributed by atoms with Gasteiger partial charge in [0.1, 0.15) is 6.17 Å². The van der Waals surface area contributed by atoms with Crippen molar-refractivity contribution in [1.29, 1.82) is 0 Å².